The van der Waals surface area contributed by atoms with Crippen LogP contribution < -0.4 is 4.90 Å². The largest absolute Gasteiger partial charge is 0.456 e. The summed E-state index contributed by atoms with van der Waals surface area (Å²) in [5.41, 5.74) is 14.8. The Balaban J connectivity index is 1.19. The van der Waals surface area contributed by atoms with Crippen LogP contribution >= 0.6 is 0 Å². The Morgan fingerprint density at radius 2 is 1.19 bits per heavy atom. The van der Waals surface area contributed by atoms with Gasteiger partial charge in [0.2, 0.25) is 5.89 Å². The molecule has 0 spiro atoms. The van der Waals surface area contributed by atoms with Crippen molar-refractivity contribution in [3.63, 3.8) is 0 Å². The molecule has 2 heterocycles. The molecule has 8 aromatic carbocycles. The maximum atomic E-state index is 6.72. The van der Waals surface area contributed by atoms with E-state index in [1.807, 2.05) is 36.4 Å². The van der Waals surface area contributed by atoms with Crippen molar-refractivity contribution in [2.24, 2.45) is 0 Å². The Morgan fingerprint density at radius 1 is 0.481 bits per heavy atom. The number of benzene rings is 8. The van der Waals surface area contributed by atoms with Crippen LogP contribution in [0.2, 0.25) is 0 Å². The maximum Gasteiger partial charge on any atom is 0.227 e. The number of furan rings is 1. The number of hydrogen-bond acceptors (Lipinski definition) is 4. The number of oxazole rings is 1. The van der Waals surface area contributed by atoms with Gasteiger partial charge in [0, 0.05) is 33.1 Å². The van der Waals surface area contributed by atoms with Gasteiger partial charge in [-0.25, -0.2) is 4.98 Å². The van der Waals surface area contributed by atoms with E-state index in [9.17, 15) is 0 Å². The predicted molar refractivity (Wildman–Crippen MR) is 222 cm³/mol. The van der Waals surface area contributed by atoms with Crippen molar-refractivity contribution < 1.29 is 8.83 Å². The van der Waals surface area contributed by atoms with E-state index in [1.54, 1.807) is 0 Å². The molecular weight excluding hydrogens is 661 g/mol. The summed E-state index contributed by atoms with van der Waals surface area (Å²) in [6.07, 6.45) is 0. The predicted octanol–water partition coefficient (Wildman–Crippen LogP) is 14.0. The standard InChI is InChI=1S/C50H34N2O2/c1-50(2)41-17-9-8-16-38(41)39-26-25-36(30-42(39)50)52(35-23-20-32(21-24-35)31-12-4-3-5-13-31)48-37-15-7-6-14-33(37)29-46-47(48)40-28-34(22-27-44(40)53-46)49-51-43-18-10-11-19-45(43)54-49/h3-30H,1-2H3. The summed E-state index contributed by atoms with van der Waals surface area (Å²) in [7, 11) is 0. The zero-order chi connectivity index (χ0) is 36.0. The Labute approximate surface area is 312 Å². The van der Waals surface area contributed by atoms with Crippen molar-refractivity contribution in [2.45, 2.75) is 19.3 Å². The minimum atomic E-state index is -0.157. The Kier molecular flexibility index (Phi) is 6.56. The van der Waals surface area contributed by atoms with E-state index < -0.39 is 0 Å². The second-order valence-electron chi connectivity index (χ2n) is 14.8. The van der Waals surface area contributed by atoms with Gasteiger partial charge in [0.15, 0.2) is 5.58 Å². The Bertz CT molecular complexity index is 3050. The van der Waals surface area contributed by atoms with Gasteiger partial charge in [-0.3, -0.25) is 0 Å². The summed E-state index contributed by atoms with van der Waals surface area (Å²) in [5.74, 6) is 0.587. The van der Waals surface area contributed by atoms with Crippen molar-refractivity contribution >= 4 is 60.9 Å². The van der Waals surface area contributed by atoms with Gasteiger partial charge in [-0.2, -0.15) is 0 Å². The van der Waals surface area contributed by atoms with E-state index in [4.69, 9.17) is 13.8 Å². The molecule has 1 aliphatic carbocycles. The van der Waals surface area contributed by atoms with Gasteiger partial charge in [-0.15, -0.1) is 0 Å². The molecule has 0 amide bonds. The van der Waals surface area contributed by atoms with E-state index in [1.165, 1.54) is 33.4 Å². The van der Waals surface area contributed by atoms with Gasteiger partial charge in [0.05, 0.1) is 11.1 Å². The third-order valence-electron chi connectivity index (χ3n) is 11.3. The molecule has 2 aromatic heterocycles. The molecule has 0 atom stereocenters. The summed E-state index contributed by atoms with van der Waals surface area (Å²) < 4.78 is 13.0. The molecule has 0 saturated heterocycles. The van der Waals surface area contributed by atoms with Gasteiger partial charge in [0.1, 0.15) is 16.7 Å². The third-order valence-corrected chi connectivity index (χ3v) is 11.3. The molecule has 54 heavy (non-hydrogen) atoms. The quantitative estimate of drug-likeness (QED) is 0.180. The van der Waals surface area contributed by atoms with Crippen LogP contribution in [0.25, 0.3) is 77.5 Å². The van der Waals surface area contributed by atoms with Gasteiger partial charge in [0.25, 0.3) is 0 Å². The number of hydrogen-bond donors (Lipinski definition) is 0. The van der Waals surface area contributed by atoms with E-state index in [0.29, 0.717) is 5.89 Å². The van der Waals surface area contributed by atoms with E-state index in [0.717, 1.165) is 66.4 Å². The number of aromatic nitrogens is 1. The summed E-state index contributed by atoms with van der Waals surface area (Å²) >= 11 is 0. The molecule has 0 fully saturated rings. The van der Waals surface area contributed by atoms with Gasteiger partial charge in [-0.1, -0.05) is 123 Å². The highest BCUT2D eigenvalue weighted by molar-refractivity contribution is 6.22. The summed E-state index contributed by atoms with van der Waals surface area (Å²) in [6.45, 7) is 4.68. The van der Waals surface area contributed by atoms with E-state index in [-0.39, 0.29) is 5.41 Å². The maximum absolute atomic E-state index is 6.72. The fourth-order valence-electron chi connectivity index (χ4n) is 8.61. The Morgan fingerprint density at radius 3 is 2.06 bits per heavy atom. The highest BCUT2D eigenvalue weighted by Crippen LogP contribution is 2.53. The lowest BCUT2D eigenvalue weighted by atomic mass is 9.82. The highest BCUT2D eigenvalue weighted by atomic mass is 16.3. The first kappa shape index (κ1) is 30.7. The lowest BCUT2D eigenvalue weighted by Gasteiger charge is -2.30. The molecule has 11 rings (SSSR count). The van der Waals surface area contributed by atoms with Crippen LogP contribution in [-0.2, 0) is 5.41 Å². The van der Waals surface area contributed by atoms with Crippen LogP contribution in [0, 0.1) is 0 Å². The van der Waals surface area contributed by atoms with Gasteiger partial charge >= 0.3 is 0 Å². The normalized spacial score (nSPS) is 13.1. The highest BCUT2D eigenvalue weighted by Gasteiger charge is 2.36. The average molecular weight is 695 g/mol. The Hall–Kier alpha value is -6.91. The van der Waals surface area contributed by atoms with Gasteiger partial charge < -0.3 is 13.7 Å². The fraction of sp³-hybridized carbons (Fsp3) is 0.0600. The first-order chi connectivity index (χ1) is 26.5. The second-order valence-corrected chi connectivity index (χ2v) is 14.8. The molecule has 4 nitrogen and oxygen atoms in total. The molecule has 10 aromatic rings. The van der Waals surface area contributed by atoms with Crippen molar-refractivity contribution in [2.75, 3.05) is 4.90 Å². The first-order valence-electron chi connectivity index (χ1n) is 18.5. The molecule has 0 bridgehead atoms. The molecule has 0 N–H and O–H groups in total. The van der Waals surface area contributed by atoms with Gasteiger partial charge in [-0.05, 0) is 99.4 Å². The smallest absolute Gasteiger partial charge is 0.227 e. The molecule has 256 valence electrons. The van der Waals surface area contributed by atoms with Crippen LogP contribution in [0.4, 0.5) is 17.1 Å². The van der Waals surface area contributed by atoms with Crippen molar-refractivity contribution in [1.82, 2.24) is 4.98 Å². The molecule has 4 heteroatoms. The lowest BCUT2D eigenvalue weighted by molar-refractivity contribution is 0.620. The summed E-state index contributed by atoms with van der Waals surface area (Å²) in [5, 5.41) is 4.29. The summed E-state index contributed by atoms with van der Waals surface area (Å²) in [6, 6.07) is 60.3. The number of rotatable bonds is 5. The zero-order valence-corrected chi connectivity index (χ0v) is 29.9. The van der Waals surface area contributed by atoms with Crippen LogP contribution in [0.3, 0.4) is 0 Å². The van der Waals surface area contributed by atoms with Crippen LogP contribution in [-0.4, -0.2) is 4.98 Å². The first-order valence-corrected chi connectivity index (χ1v) is 18.5. The van der Waals surface area contributed by atoms with Crippen molar-refractivity contribution in [3.05, 3.63) is 181 Å². The van der Waals surface area contributed by atoms with Crippen LogP contribution in [0.15, 0.2) is 179 Å². The van der Waals surface area contributed by atoms with Crippen molar-refractivity contribution in [3.8, 4) is 33.7 Å². The van der Waals surface area contributed by atoms with Crippen LogP contribution in [0.5, 0.6) is 0 Å². The molecule has 0 unspecified atom stereocenters. The SMILES string of the molecule is CC1(C)c2ccccc2-c2ccc(N(c3ccc(-c4ccccc4)cc3)c3c4ccccc4cc4oc5ccc(-c6nc7ccccc7o6)cc5c34)cc21. The molecule has 0 aliphatic heterocycles. The minimum absolute atomic E-state index is 0.157. The molecule has 0 saturated carbocycles. The molecular formula is C50H34N2O2. The fourth-order valence-corrected chi connectivity index (χ4v) is 8.61. The average Bonchev–Trinajstić information content (AvgIpc) is 3.88. The zero-order valence-electron chi connectivity index (χ0n) is 29.9. The number of anilines is 3. The monoisotopic (exact) mass is 694 g/mol. The number of nitrogens with zero attached hydrogens (tertiary/aromatic N) is 2. The number of para-hydroxylation sites is 2. The van der Waals surface area contributed by atoms with E-state index in [2.05, 4.69) is 152 Å². The molecule has 0 radical (unpaired) electrons. The van der Waals surface area contributed by atoms with Crippen molar-refractivity contribution in [1.29, 1.82) is 0 Å². The topological polar surface area (TPSA) is 42.4 Å². The third kappa shape index (κ3) is 4.60. The molecule has 1 aliphatic rings. The lowest BCUT2D eigenvalue weighted by Crippen LogP contribution is -2.16. The van der Waals surface area contributed by atoms with Crippen LogP contribution in [0.1, 0.15) is 25.0 Å². The van der Waals surface area contributed by atoms with E-state index >= 15 is 0 Å². The number of fused-ring (bicyclic) bond motifs is 8. The second kappa shape index (κ2) is 11.5. The minimum Gasteiger partial charge on any atom is -0.456 e. The summed E-state index contributed by atoms with van der Waals surface area (Å²) in [4.78, 5) is 7.28.